The molecule has 0 aliphatic carbocycles. The molecule has 3 N–H and O–H groups in total. The van der Waals surface area contributed by atoms with E-state index in [1.807, 2.05) is 0 Å². The fraction of sp³-hybridized carbons (Fsp3) is 0.706. The Kier molecular flexibility index (Phi) is 6.06. The topological polar surface area (TPSA) is 105 Å². The molecule has 28 heavy (non-hydrogen) atoms. The van der Waals surface area contributed by atoms with Gasteiger partial charge in [0.15, 0.2) is 0 Å². The number of hydrogen-bond donors (Lipinski definition) is 2. The van der Waals surface area contributed by atoms with Gasteiger partial charge in [0.1, 0.15) is 6.10 Å². The summed E-state index contributed by atoms with van der Waals surface area (Å²) in [5, 5.41) is 10.5. The van der Waals surface area contributed by atoms with E-state index in [1.165, 1.54) is 0 Å². The van der Waals surface area contributed by atoms with E-state index >= 15 is 0 Å². The van der Waals surface area contributed by atoms with Crippen molar-refractivity contribution in [1.29, 1.82) is 0 Å². The number of aliphatic hydroxyl groups excluding tert-OH is 1. The standard InChI is InChI=1S/C17H24F3N5O3/c1-10(21)9-28-14-3-5-25(15(14)27)12-2-4-24(8-13(12)26)16-22-6-11(7-23-16)17(18,19)20/h6-7,10,12-14,26H,2-5,8-9,21H2,1H3/t10-,12+,13-,14+/m0/s1. The minimum Gasteiger partial charge on any atom is -0.389 e. The molecule has 1 aromatic rings. The number of ether oxygens (including phenoxy) is 1. The van der Waals surface area contributed by atoms with E-state index < -0.39 is 23.9 Å². The lowest BCUT2D eigenvalue weighted by atomic mass is 10.0. The number of aliphatic hydroxyl groups is 1. The van der Waals surface area contributed by atoms with Crippen LogP contribution in [0, 0.1) is 0 Å². The average Bonchev–Trinajstić information content (AvgIpc) is 3.00. The molecule has 2 aliphatic heterocycles. The molecule has 0 radical (unpaired) electrons. The average molecular weight is 403 g/mol. The highest BCUT2D eigenvalue weighted by molar-refractivity contribution is 5.83. The fourth-order valence-electron chi connectivity index (χ4n) is 3.52. The lowest BCUT2D eigenvalue weighted by Gasteiger charge is -2.40. The molecule has 3 rings (SSSR count). The molecule has 3 heterocycles. The van der Waals surface area contributed by atoms with Crippen LogP contribution in [-0.4, -0.2) is 76.4 Å². The molecular formula is C17H24F3N5O3. The highest BCUT2D eigenvalue weighted by Crippen LogP contribution is 2.29. The van der Waals surface area contributed by atoms with Crippen molar-refractivity contribution < 1.29 is 27.8 Å². The molecule has 156 valence electrons. The predicted octanol–water partition coefficient (Wildman–Crippen LogP) is 0.400. The molecule has 1 amide bonds. The predicted molar refractivity (Wildman–Crippen MR) is 93.4 cm³/mol. The van der Waals surface area contributed by atoms with Gasteiger partial charge in [0.25, 0.3) is 5.91 Å². The van der Waals surface area contributed by atoms with Crippen molar-refractivity contribution in [3.05, 3.63) is 18.0 Å². The summed E-state index contributed by atoms with van der Waals surface area (Å²) in [7, 11) is 0. The number of nitrogens with zero attached hydrogens (tertiary/aromatic N) is 4. The molecule has 0 spiro atoms. The van der Waals surface area contributed by atoms with E-state index in [-0.39, 0.29) is 37.1 Å². The second kappa shape index (κ2) is 8.18. The van der Waals surface area contributed by atoms with Crippen LogP contribution in [0.15, 0.2) is 12.4 Å². The van der Waals surface area contributed by atoms with Gasteiger partial charge in [-0.1, -0.05) is 0 Å². The number of anilines is 1. The molecule has 0 saturated carbocycles. The fourth-order valence-corrected chi connectivity index (χ4v) is 3.52. The second-order valence-electron chi connectivity index (χ2n) is 7.26. The SMILES string of the molecule is C[C@H](N)CO[C@@H]1CCN([C@@H]2CCN(c3ncc(C(F)(F)F)cn3)C[C@@H]2O)C1=O. The Balaban J connectivity index is 1.59. The number of amides is 1. The van der Waals surface area contributed by atoms with Crippen LogP contribution < -0.4 is 10.6 Å². The Hall–Kier alpha value is -1.98. The van der Waals surface area contributed by atoms with Gasteiger partial charge in [-0.15, -0.1) is 0 Å². The quantitative estimate of drug-likeness (QED) is 0.733. The number of rotatable bonds is 5. The van der Waals surface area contributed by atoms with E-state index in [4.69, 9.17) is 10.5 Å². The monoisotopic (exact) mass is 403 g/mol. The van der Waals surface area contributed by atoms with Crippen LogP contribution in [0.2, 0.25) is 0 Å². The molecule has 0 aromatic carbocycles. The first-order valence-corrected chi connectivity index (χ1v) is 9.16. The first kappa shape index (κ1) is 20.7. The van der Waals surface area contributed by atoms with Crippen molar-refractivity contribution in [2.24, 2.45) is 5.73 Å². The van der Waals surface area contributed by atoms with E-state index in [9.17, 15) is 23.1 Å². The van der Waals surface area contributed by atoms with Crippen molar-refractivity contribution in [3.8, 4) is 0 Å². The number of piperidine rings is 1. The van der Waals surface area contributed by atoms with Gasteiger partial charge in [-0.2, -0.15) is 13.2 Å². The summed E-state index contributed by atoms with van der Waals surface area (Å²) in [5.74, 6) is -0.0414. The number of carbonyl (C=O) groups excluding carboxylic acids is 1. The Morgan fingerprint density at radius 1 is 1.32 bits per heavy atom. The van der Waals surface area contributed by atoms with E-state index in [2.05, 4.69) is 9.97 Å². The lowest BCUT2D eigenvalue weighted by Crippen LogP contribution is -2.55. The number of hydrogen-bond acceptors (Lipinski definition) is 7. The molecule has 0 bridgehead atoms. The van der Waals surface area contributed by atoms with Crippen LogP contribution in [0.1, 0.15) is 25.3 Å². The number of likely N-dealkylation sites (tertiary alicyclic amines) is 1. The highest BCUT2D eigenvalue weighted by atomic mass is 19.4. The highest BCUT2D eigenvalue weighted by Gasteiger charge is 2.41. The van der Waals surface area contributed by atoms with Crippen molar-refractivity contribution in [1.82, 2.24) is 14.9 Å². The van der Waals surface area contributed by atoms with Gasteiger partial charge in [0.2, 0.25) is 5.95 Å². The van der Waals surface area contributed by atoms with Gasteiger partial charge in [0.05, 0.1) is 24.3 Å². The lowest BCUT2D eigenvalue weighted by molar-refractivity contribution is -0.141. The molecule has 8 nitrogen and oxygen atoms in total. The van der Waals surface area contributed by atoms with Gasteiger partial charge >= 0.3 is 6.18 Å². The summed E-state index contributed by atoms with van der Waals surface area (Å²) in [6.45, 7) is 3.12. The number of halogens is 3. The number of carbonyl (C=O) groups is 1. The normalized spacial score (nSPS) is 27.4. The summed E-state index contributed by atoms with van der Waals surface area (Å²) in [6.07, 6.45) is -3.46. The summed E-state index contributed by atoms with van der Waals surface area (Å²) in [4.78, 5) is 23.3. The molecule has 1 aromatic heterocycles. The van der Waals surface area contributed by atoms with Gasteiger partial charge in [-0.25, -0.2) is 9.97 Å². The smallest absolute Gasteiger partial charge is 0.389 e. The Labute approximate surface area is 160 Å². The van der Waals surface area contributed by atoms with Crippen LogP contribution >= 0.6 is 0 Å². The van der Waals surface area contributed by atoms with E-state index in [0.717, 1.165) is 12.4 Å². The van der Waals surface area contributed by atoms with Gasteiger partial charge in [0, 0.05) is 44.5 Å². The molecule has 2 aliphatic rings. The van der Waals surface area contributed by atoms with Crippen LogP contribution in [0.3, 0.4) is 0 Å². The number of alkyl halides is 3. The molecule has 4 atom stereocenters. The van der Waals surface area contributed by atoms with Crippen molar-refractivity contribution >= 4 is 11.9 Å². The summed E-state index contributed by atoms with van der Waals surface area (Å²) >= 11 is 0. The maximum atomic E-state index is 12.6. The zero-order valence-corrected chi connectivity index (χ0v) is 15.5. The van der Waals surface area contributed by atoms with Gasteiger partial charge in [-0.3, -0.25) is 4.79 Å². The van der Waals surface area contributed by atoms with Gasteiger partial charge < -0.3 is 25.4 Å². The molecule has 2 saturated heterocycles. The van der Waals surface area contributed by atoms with Crippen LogP contribution in [0.25, 0.3) is 0 Å². The van der Waals surface area contributed by atoms with Crippen molar-refractivity contribution in [3.63, 3.8) is 0 Å². The maximum absolute atomic E-state index is 12.6. The number of nitrogens with two attached hydrogens (primary N) is 1. The van der Waals surface area contributed by atoms with Crippen LogP contribution in [-0.2, 0) is 15.7 Å². The first-order chi connectivity index (χ1) is 13.2. The zero-order chi connectivity index (χ0) is 20.5. The van der Waals surface area contributed by atoms with E-state index in [1.54, 1.807) is 16.7 Å². The minimum atomic E-state index is -4.50. The maximum Gasteiger partial charge on any atom is 0.419 e. The second-order valence-corrected chi connectivity index (χ2v) is 7.26. The van der Waals surface area contributed by atoms with Crippen molar-refractivity contribution in [2.75, 3.05) is 31.1 Å². The third-order valence-corrected chi connectivity index (χ3v) is 4.95. The van der Waals surface area contributed by atoms with Gasteiger partial charge in [-0.05, 0) is 13.3 Å². The summed E-state index contributed by atoms with van der Waals surface area (Å²) in [5.41, 5.74) is 4.73. The molecular weight excluding hydrogens is 379 g/mol. The summed E-state index contributed by atoms with van der Waals surface area (Å²) < 4.78 is 43.4. The Bertz CT molecular complexity index is 686. The molecule has 2 fully saturated rings. The van der Waals surface area contributed by atoms with E-state index in [0.29, 0.717) is 25.9 Å². The third kappa shape index (κ3) is 4.53. The largest absolute Gasteiger partial charge is 0.419 e. The Morgan fingerprint density at radius 2 is 2.00 bits per heavy atom. The number of aromatic nitrogens is 2. The van der Waals surface area contributed by atoms with Crippen LogP contribution in [0.5, 0.6) is 0 Å². The minimum absolute atomic E-state index is 0.122. The summed E-state index contributed by atoms with van der Waals surface area (Å²) in [6, 6.07) is -0.540. The van der Waals surface area contributed by atoms with Crippen molar-refractivity contribution in [2.45, 2.75) is 50.2 Å². The first-order valence-electron chi connectivity index (χ1n) is 9.16. The van der Waals surface area contributed by atoms with Crippen LogP contribution in [0.4, 0.5) is 19.1 Å². The zero-order valence-electron chi connectivity index (χ0n) is 15.5. The Morgan fingerprint density at radius 3 is 2.57 bits per heavy atom. The molecule has 11 heteroatoms. The number of β-amino-alcohol motifs (C(OH)–C–C–N with tert-alkyl or cyclic N) is 1. The third-order valence-electron chi connectivity index (χ3n) is 4.95. The molecule has 0 unspecified atom stereocenters.